The van der Waals surface area contributed by atoms with Crippen molar-refractivity contribution < 1.29 is 14.6 Å². The van der Waals surface area contributed by atoms with Crippen molar-refractivity contribution >= 4 is 27.5 Å². The molecule has 2 aromatic rings. The molecule has 7 nitrogen and oxygen atoms in total. The highest BCUT2D eigenvalue weighted by Crippen LogP contribution is 2.27. The Morgan fingerprint density at radius 2 is 2.27 bits per heavy atom. The van der Waals surface area contributed by atoms with E-state index < -0.39 is 12.1 Å². The first kappa shape index (κ1) is 20.3. The molecule has 0 amide bonds. The van der Waals surface area contributed by atoms with Crippen LogP contribution in [-0.4, -0.2) is 52.2 Å². The summed E-state index contributed by atoms with van der Waals surface area (Å²) in [7, 11) is 1.85. The number of nitrogens with zero attached hydrogens (tertiary/aromatic N) is 2. The molecule has 0 radical (unpaired) electrons. The van der Waals surface area contributed by atoms with Crippen LogP contribution in [0.4, 0.5) is 0 Å². The molecule has 0 aliphatic carbocycles. The van der Waals surface area contributed by atoms with Crippen molar-refractivity contribution in [2.24, 2.45) is 0 Å². The molecule has 0 aromatic carbocycles. The lowest BCUT2D eigenvalue weighted by Gasteiger charge is -2.19. The molecule has 0 fully saturated rings. The highest BCUT2D eigenvalue weighted by molar-refractivity contribution is 7.20. The fourth-order valence-electron chi connectivity index (χ4n) is 2.74. The van der Waals surface area contributed by atoms with Gasteiger partial charge in [0.25, 0.3) is 5.56 Å². The molecule has 26 heavy (non-hydrogen) atoms. The van der Waals surface area contributed by atoms with Crippen LogP contribution in [0.25, 0.3) is 10.2 Å². The molecule has 0 saturated carbocycles. The minimum absolute atomic E-state index is 0.269. The number of aliphatic hydroxyl groups excluding tert-OH is 1. The van der Waals surface area contributed by atoms with Crippen LogP contribution in [0.5, 0.6) is 0 Å². The number of H-pyrrole nitrogens is 1. The fraction of sp³-hybridized carbons (Fsp3) is 0.500. The van der Waals surface area contributed by atoms with Gasteiger partial charge in [-0.1, -0.05) is 6.08 Å². The van der Waals surface area contributed by atoms with Crippen LogP contribution in [0.2, 0.25) is 0 Å². The van der Waals surface area contributed by atoms with E-state index in [0.717, 1.165) is 6.42 Å². The second-order valence-corrected chi connectivity index (χ2v) is 7.19. The van der Waals surface area contributed by atoms with Crippen LogP contribution in [0.3, 0.4) is 0 Å². The Kier molecular flexibility index (Phi) is 7.07. The molecule has 1 unspecified atom stereocenters. The minimum atomic E-state index is -0.465. The summed E-state index contributed by atoms with van der Waals surface area (Å²) in [5.41, 5.74) is 0.326. The SMILES string of the molecule is C=CCCC(O)CN(C)Cc1nc2sc(C(=O)OCC)c(C)c2c(=O)[nH]1. The van der Waals surface area contributed by atoms with Crippen LogP contribution in [0.1, 0.15) is 40.8 Å². The average molecular weight is 379 g/mol. The number of carbonyl (C=O) groups is 1. The average Bonchev–Trinajstić information content (AvgIpc) is 2.90. The summed E-state index contributed by atoms with van der Waals surface area (Å²) >= 11 is 1.17. The molecule has 0 aliphatic rings. The Morgan fingerprint density at radius 1 is 1.54 bits per heavy atom. The Hall–Kier alpha value is -2.03. The van der Waals surface area contributed by atoms with Crippen molar-refractivity contribution in [1.29, 1.82) is 0 Å². The molecule has 0 bridgehead atoms. The number of ether oxygens (including phenoxy) is 1. The van der Waals surface area contributed by atoms with Crippen LogP contribution >= 0.6 is 11.3 Å². The molecule has 2 aromatic heterocycles. The Bertz CT molecular complexity index is 843. The molecule has 142 valence electrons. The second-order valence-electron chi connectivity index (χ2n) is 6.19. The van der Waals surface area contributed by atoms with Gasteiger partial charge in [-0.3, -0.25) is 9.69 Å². The summed E-state index contributed by atoms with van der Waals surface area (Å²) in [5.74, 6) is 0.0639. The number of carbonyl (C=O) groups excluding carboxylic acids is 1. The van der Waals surface area contributed by atoms with Crippen LogP contribution < -0.4 is 5.56 Å². The Morgan fingerprint density at radius 3 is 2.92 bits per heavy atom. The van der Waals surface area contributed by atoms with Crippen LogP contribution in [0, 0.1) is 6.92 Å². The van der Waals surface area contributed by atoms with Gasteiger partial charge in [0.15, 0.2) is 0 Å². The quantitative estimate of drug-likeness (QED) is 0.512. The summed E-state index contributed by atoms with van der Waals surface area (Å²) in [6, 6.07) is 0. The molecule has 2 N–H and O–H groups in total. The van der Waals surface area contributed by atoms with E-state index >= 15 is 0 Å². The topological polar surface area (TPSA) is 95.5 Å². The number of fused-ring (bicyclic) bond motifs is 1. The van der Waals surface area contributed by atoms with E-state index in [2.05, 4.69) is 16.5 Å². The first-order chi connectivity index (χ1) is 12.4. The lowest BCUT2D eigenvalue weighted by atomic mass is 10.2. The standard InChI is InChI=1S/C18H25N3O4S/c1-5-7-8-12(22)9-21(4)10-13-19-16(23)14-11(3)15(18(24)25-6-2)26-17(14)20-13/h5,12,22H,1,6-10H2,2-4H3,(H,19,20,23). The van der Waals surface area contributed by atoms with E-state index in [1.165, 1.54) is 11.3 Å². The maximum atomic E-state index is 12.4. The number of likely N-dealkylation sites (N-methyl/N-ethyl adjacent to an activating group) is 1. The van der Waals surface area contributed by atoms with Gasteiger partial charge in [-0.25, -0.2) is 9.78 Å². The normalized spacial score (nSPS) is 12.5. The van der Waals surface area contributed by atoms with Crippen LogP contribution in [-0.2, 0) is 11.3 Å². The number of thiophene rings is 1. The second kappa shape index (κ2) is 9.07. The van der Waals surface area contributed by atoms with Crippen molar-refractivity contribution in [1.82, 2.24) is 14.9 Å². The Labute approximate surface area is 156 Å². The number of hydrogen-bond donors (Lipinski definition) is 2. The van der Waals surface area contributed by atoms with E-state index in [1.54, 1.807) is 19.9 Å². The van der Waals surface area contributed by atoms with Gasteiger partial charge in [0.1, 0.15) is 15.5 Å². The van der Waals surface area contributed by atoms with E-state index in [-0.39, 0.29) is 12.2 Å². The smallest absolute Gasteiger partial charge is 0.348 e. The molecule has 8 heteroatoms. The number of rotatable bonds is 9. The van der Waals surface area contributed by atoms with Gasteiger partial charge in [0, 0.05) is 6.54 Å². The van der Waals surface area contributed by atoms with Crippen molar-refractivity contribution in [3.05, 3.63) is 39.3 Å². The van der Waals surface area contributed by atoms with Crippen molar-refractivity contribution in [3.63, 3.8) is 0 Å². The summed E-state index contributed by atoms with van der Waals surface area (Å²) in [5, 5.41) is 10.4. The fourth-order valence-corrected chi connectivity index (χ4v) is 3.83. The van der Waals surface area contributed by atoms with Crippen molar-refractivity contribution in [2.45, 2.75) is 39.3 Å². The lowest BCUT2D eigenvalue weighted by Crippen LogP contribution is -2.30. The molecule has 2 heterocycles. The van der Waals surface area contributed by atoms with Gasteiger partial charge in [-0.2, -0.15) is 0 Å². The van der Waals surface area contributed by atoms with E-state index in [1.807, 2.05) is 11.9 Å². The van der Waals surface area contributed by atoms with Gasteiger partial charge in [-0.15, -0.1) is 17.9 Å². The first-order valence-electron chi connectivity index (χ1n) is 8.54. The number of hydrogen-bond acceptors (Lipinski definition) is 7. The van der Waals surface area contributed by atoms with Crippen molar-refractivity contribution in [3.8, 4) is 0 Å². The van der Waals surface area contributed by atoms with E-state index in [4.69, 9.17) is 4.74 Å². The zero-order chi connectivity index (χ0) is 19.3. The number of aromatic amines is 1. The van der Waals surface area contributed by atoms with Crippen LogP contribution in [0.15, 0.2) is 17.4 Å². The molecule has 1 atom stereocenters. The summed E-state index contributed by atoms with van der Waals surface area (Å²) < 4.78 is 5.04. The van der Waals surface area contributed by atoms with Crippen molar-refractivity contribution in [2.75, 3.05) is 20.2 Å². The summed E-state index contributed by atoms with van der Waals surface area (Å²) in [6.07, 6.45) is 2.70. The zero-order valence-corrected chi connectivity index (χ0v) is 16.2. The molecular weight excluding hydrogens is 354 g/mol. The third-order valence-electron chi connectivity index (χ3n) is 3.96. The zero-order valence-electron chi connectivity index (χ0n) is 15.4. The largest absolute Gasteiger partial charge is 0.462 e. The minimum Gasteiger partial charge on any atom is -0.462 e. The summed E-state index contributed by atoms with van der Waals surface area (Å²) in [4.78, 5) is 34.5. The number of aliphatic hydroxyl groups is 1. The lowest BCUT2D eigenvalue weighted by molar-refractivity contribution is 0.0531. The molecule has 0 aliphatic heterocycles. The molecule has 2 rings (SSSR count). The van der Waals surface area contributed by atoms with E-state index in [9.17, 15) is 14.7 Å². The van der Waals surface area contributed by atoms with E-state index in [0.29, 0.717) is 46.0 Å². The number of aryl methyl sites for hydroxylation is 1. The monoisotopic (exact) mass is 379 g/mol. The maximum Gasteiger partial charge on any atom is 0.348 e. The molecule has 0 spiro atoms. The Balaban J connectivity index is 2.21. The number of allylic oxidation sites excluding steroid dienone is 1. The summed E-state index contributed by atoms with van der Waals surface area (Å²) in [6.45, 7) is 8.24. The number of esters is 1. The molecular formula is C18H25N3O4S. The van der Waals surface area contributed by atoms with Gasteiger partial charge < -0.3 is 14.8 Å². The predicted molar refractivity (Wildman–Crippen MR) is 103 cm³/mol. The first-order valence-corrected chi connectivity index (χ1v) is 9.35. The van der Waals surface area contributed by atoms with Gasteiger partial charge >= 0.3 is 5.97 Å². The van der Waals surface area contributed by atoms with Gasteiger partial charge in [0.2, 0.25) is 0 Å². The highest BCUT2D eigenvalue weighted by atomic mass is 32.1. The third-order valence-corrected chi connectivity index (χ3v) is 5.12. The highest BCUT2D eigenvalue weighted by Gasteiger charge is 2.20. The maximum absolute atomic E-state index is 12.4. The number of aromatic nitrogens is 2. The number of nitrogens with one attached hydrogen (secondary N) is 1. The predicted octanol–water partition coefficient (Wildman–Crippen LogP) is 2.23. The van der Waals surface area contributed by atoms with Gasteiger partial charge in [-0.05, 0) is 39.3 Å². The van der Waals surface area contributed by atoms with Gasteiger partial charge in [0.05, 0.1) is 24.6 Å². The third kappa shape index (κ3) is 4.78. The molecule has 0 saturated heterocycles.